The Morgan fingerprint density at radius 3 is 2.47 bits per heavy atom. The van der Waals surface area contributed by atoms with Gasteiger partial charge >= 0.3 is 0 Å². The fourth-order valence-electron chi connectivity index (χ4n) is 2.73. The zero-order valence-corrected chi connectivity index (χ0v) is 12.7. The summed E-state index contributed by atoms with van der Waals surface area (Å²) in [6.07, 6.45) is 5.27. The molecule has 1 heterocycles. The lowest BCUT2D eigenvalue weighted by atomic mass is 9.96. The quantitative estimate of drug-likeness (QED) is 0.770. The molecule has 1 fully saturated rings. The summed E-state index contributed by atoms with van der Waals surface area (Å²) in [6, 6.07) is -0.654. The molecule has 3 unspecified atom stereocenters. The van der Waals surface area contributed by atoms with Crippen LogP contribution in [0, 0.1) is 5.92 Å². The lowest BCUT2D eigenvalue weighted by molar-refractivity contribution is -0.149. The van der Waals surface area contributed by atoms with E-state index in [4.69, 9.17) is 0 Å². The zero-order chi connectivity index (χ0) is 14.4. The summed E-state index contributed by atoms with van der Waals surface area (Å²) in [6.45, 7) is 8.81. The summed E-state index contributed by atoms with van der Waals surface area (Å²) in [5.41, 5.74) is 0. The summed E-state index contributed by atoms with van der Waals surface area (Å²) in [7, 11) is 0. The van der Waals surface area contributed by atoms with Crippen LogP contribution >= 0.6 is 0 Å². The second-order valence-electron chi connectivity index (χ2n) is 5.56. The monoisotopic (exact) mass is 268 g/mol. The van der Waals surface area contributed by atoms with E-state index in [-0.39, 0.29) is 23.9 Å². The largest absolute Gasteiger partial charge is 0.343 e. The van der Waals surface area contributed by atoms with Gasteiger partial charge in [0, 0.05) is 6.54 Å². The Morgan fingerprint density at radius 2 is 1.95 bits per heavy atom. The number of hydrogen-bond acceptors (Lipinski definition) is 2. The lowest BCUT2D eigenvalue weighted by Crippen LogP contribution is -2.62. The van der Waals surface area contributed by atoms with Crippen LogP contribution in [-0.2, 0) is 9.59 Å². The first-order valence-corrected chi connectivity index (χ1v) is 7.65. The van der Waals surface area contributed by atoms with Crippen molar-refractivity contribution in [2.24, 2.45) is 5.92 Å². The SMILES string of the molecule is CCCCC(CC)CN1C(=O)C(C)NC(=O)C1CC. The third kappa shape index (κ3) is 3.95. The first-order valence-electron chi connectivity index (χ1n) is 7.65. The van der Waals surface area contributed by atoms with Crippen LogP contribution in [0.1, 0.15) is 59.8 Å². The molecule has 1 aliphatic rings. The lowest BCUT2D eigenvalue weighted by Gasteiger charge is -2.39. The van der Waals surface area contributed by atoms with E-state index < -0.39 is 0 Å². The van der Waals surface area contributed by atoms with Crippen LogP contribution in [0.3, 0.4) is 0 Å². The normalized spacial score (nSPS) is 25.4. The van der Waals surface area contributed by atoms with Gasteiger partial charge in [0.05, 0.1) is 0 Å². The molecule has 0 aromatic heterocycles. The molecular formula is C15H28N2O2. The van der Waals surface area contributed by atoms with E-state index in [1.807, 2.05) is 11.8 Å². The Morgan fingerprint density at radius 1 is 1.26 bits per heavy atom. The first kappa shape index (κ1) is 16.0. The Balaban J connectivity index is 2.74. The molecule has 1 aliphatic heterocycles. The second-order valence-corrected chi connectivity index (χ2v) is 5.56. The molecule has 0 aromatic carbocycles. The number of hydrogen-bond donors (Lipinski definition) is 1. The molecule has 3 atom stereocenters. The highest BCUT2D eigenvalue weighted by molar-refractivity contribution is 5.96. The van der Waals surface area contributed by atoms with Crippen molar-refractivity contribution in [1.82, 2.24) is 10.2 Å². The highest BCUT2D eigenvalue weighted by Gasteiger charge is 2.37. The van der Waals surface area contributed by atoms with Crippen molar-refractivity contribution in [1.29, 1.82) is 0 Å². The van der Waals surface area contributed by atoms with Crippen LogP contribution in [0.4, 0.5) is 0 Å². The molecule has 0 spiro atoms. The molecule has 1 rings (SSSR count). The predicted octanol–water partition coefficient (Wildman–Crippen LogP) is 2.33. The average Bonchev–Trinajstić information content (AvgIpc) is 2.40. The van der Waals surface area contributed by atoms with Crippen molar-refractivity contribution in [3.05, 3.63) is 0 Å². The average molecular weight is 268 g/mol. The van der Waals surface area contributed by atoms with E-state index >= 15 is 0 Å². The second kappa shape index (κ2) is 7.51. The summed E-state index contributed by atoms with van der Waals surface area (Å²) >= 11 is 0. The van der Waals surface area contributed by atoms with Crippen molar-refractivity contribution in [3.8, 4) is 0 Å². The van der Waals surface area contributed by atoms with Gasteiger partial charge in [-0.2, -0.15) is 0 Å². The van der Waals surface area contributed by atoms with Crippen molar-refractivity contribution in [3.63, 3.8) is 0 Å². The van der Waals surface area contributed by atoms with Gasteiger partial charge in [0.2, 0.25) is 11.8 Å². The van der Waals surface area contributed by atoms with Gasteiger partial charge in [-0.1, -0.05) is 40.0 Å². The molecule has 2 amide bonds. The van der Waals surface area contributed by atoms with Crippen LogP contribution in [0.15, 0.2) is 0 Å². The molecule has 1 saturated heterocycles. The third-order valence-electron chi connectivity index (χ3n) is 4.08. The van der Waals surface area contributed by atoms with E-state index in [1.165, 1.54) is 12.8 Å². The van der Waals surface area contributed by atoms with Gasteiger partial charge in [0.25, 0.3) is 0 Å². The van der Waals surface area contributed by atoms with Gasteiger partial charge in [-0.25, -0.2) is 0 Å². The predicted molar refractivity (Wildman–Crippen MR) is 76.7 cm³/mol. The number of nitrogens with zero attached hydrogens (tertiary/aromatic N) is 1. The minimum atomic E-state index is -0.376. The smallest absolute Gasteiger partial charge is 0.245 e. The molecule has 110 valence electrons. The van der Waals surface area contributed by atoms with Gasteiger partial charge in [0.1, 0.15) is 12.1 Å². The van der Waals surface area contributed by atoms with Crippen molar-refractivity contribution in [2.75, 3.05) is 6.54 Å². The van der Waals surface area contributed by atoms with Crippen molar-refractivity contribution < 1.29 is 9.59 Å². The molecule has 4 heteroatoms. The maximum Gasteiger partial charge on any atom is 0.245 e. The molecule has 0 aliphatic carbocycles. The number of rotatable bonds is 7. The molecule has 0 saturated carbocycles. The van der Waals surface area contributed by atoms with E-state index in [9.17, 15) is 9.59 Å². The number of carbonyl (C=O) groups is 2. The Kier molecular flexibility index (Phi) is 6.32. The minimum Gasteiger partial charge on any atom is -0.343 e. The van der Waals surface area contributed by atoms with E-state index in [0.717, 1.165) is 19.4 Å². The maximum absolute atomic E-state index is 12.3. The fraction of sp³-hybridized carbons (Fsp3) is 0.867. The molecule has 4 nitrogen and oxygen atoms in total. The Bertz CT molecular complexity index is 317. The molecule has 1 N–H and O–H groups in total. The highest BCUT2D eigenvalue weighted by atomic mass is 16.2. The van der Waals surface area contributed by atoms with Crippen LogP contribution in [0.25, 0.3) is 0 Å². The number of carbonyl (C=O) groups excluding carboxylic acids is 2. The number of piperazine rings is 1. The summed E-state index contributed by atoms with van der Waals surface area (Å²) in [5, 5.41) is 2.76. The zero-order valence-electron chi connectivity index (χ0n) is 12.7. The molecule has 19 heavy (non-hydrogen) atoms. The van der Waals surface area contributed by atoms with Crippen LogP contribution in [0.5, 0.6) is 0 Å². The van der Waals surface area contributed by atoms with Gasteiger partial charge in [0.15, 0.2) is 0 Å². The highest BCUT2D eigenvalue weighted by Crippen LogP contribution is 2.20. The van der Waals surface area contributed by atoms with Gasteiger partial charge in [-0.05, 0) is 25.7 Å². The molecule has 0 radical (unpaired) electrons. The number of nitrogens with one attached hydrogen (secondary N) is 1. The minimum absolute atomic E-state index is 0.0000513. The van der Waals surface area contributed by atoms with Crippen molar-refractivity contribution in [2.45, 2.75) is 71.9 Å². The maximum atomic E-state index is 12.3. The third-order valence-corrected chi connectivity index (χ3v) is 4.08. The number of unbranched alkanes of at least 4 members (excludes halogenated alkanes) is 1. The van der Waals surface area contributed by atoms with Gasteiger partial charge in [-0.3, -0.25) is 9.59 Å². The fourth-order valence-corrected chi connectivity index (χ4v) is 2.73. The standard InChI is InChI=1S/C15H28N2O2/c1-5-8-9-12(6-2)10-17-13(7-3)14(18)16-11(4)15(17)19/h11-13H,5-10H2,1-4H3,(H,16,18). The van der Waals surface area contributed by atoms with Crippen LogP contribution in [-0.4, -0.2) is 35.3 Å². The van der Waals surface area contributed by atoms with Crippen LogP contribution < -0.4 is 5.32 Å². The topological polar surface area (TPSA) is 49.4 Å². The summed E-state index contributed by atoms with van der Waals surface area (Å²) in [5.74, 6) is 0.581. The van der Waals surface area contributed by atoms with E-state index in [0.29, 0.717) is 12.3 Å². The van der Waals surface area contributed by atoms with E-state index in [1.54, 1.807) is 6.92 Å². The molecular weight excluding hydrogens is 240 g/mol. The first-order chi connectivity index (χ1) is 9.04. The van der Waals surface area contributed by atoms with Gasteiger partial charge < -0.3 is 10.2 Å². The molecule has 0 bridgehead atoms. The Hall–Kier alpha value is -1.06. The molecule has 0 aromatic rings. The summed E-state index contributed by atoms with van der Waals surface area (Å²) < 4.78 is 0. The summed E-state index contributed by atoms with van der Waals surface area (Å²) in [4.78, 5) is 26.1. The van der Waals surface area contributed by atoms with Crippen molar-refractivity contribution >= 4 is 11.8 Å². The number of amides is 2. The van der Waals surface area contributed by atoms with Gasteiger partial charge in [-0.15, -0.1) is 0 Å². The Labute approximate surface area is 116 Å². The van der Waals surface area contributed by atoms with E-state index in [2.05, 4.69) is 19.2 Å². The van der Waals surface area contributed by atoms with Crippen LogP contribution in [0.2, 0.25) is 0 Å².